The van der Waals surface area contributed by atoms with Gasteiger partial charge in [-0.15, -0.1) is 34.0 Å². The van der Waals surface area contributed by atoms with Gasteiger partial charge in [0.1, 0.15) is 0 Å². The molecule has 0 spiro atoms. The Hall–Kier alpha value is -3.58. The van der Waals surface area contributed by atoms with Crippen molar-refractivity contribution in [3.63, 3.8) is 0 Å². The van der Waals surface area contributed by atoms with E-state index in [0.717, 1.165) is 3.79 Å². The Morgan fingerprint density at radius 2 is 0.824 bits per heavy atom. The Morgan fingerprint density at radius 1 is 0.412 bits per heavy atom. The zero-order valence-electron chi connectivity index (χ0n) is 28.5. The van der Waals surface area contributed by atoms with Crippen molar-refractivity contribution in [1.82, 2.24) is 0 Å². The van der Waals surface area contributed by atoms with Gasteiger partial charge in [-0.25, -0.2) is 0 Å². The lowest BCUT2D eigenvalue weighted by atomic mass is 9.66. The summed E-state index contributed by atoms with van der Waals surface area (Å²) in [5.74, 6) is 0. The number of hydrogen-bond donors (Lipinski definition) is 0. The monoisotopic (exact) mass is 838 g/mol. The number of aryl methyl sites for hydroxylation is 4. The Labute approximate surface area is 327 Å². The molecule has 8 aromatic rings. The quantitative estimate of drug-likeness (QED) is 0.166. The molecule has 0 aliphatic heterocycles. The number of benzene rings is 5. The molecule has 0 N–H and O–H groups in total. The highest BCUT2D eigenvalue weighted by Gasteiger charge is 2.53. The predicted molar refractivity (Wildman–Crippen MR) is 227 cm³/mol. The van der Waals surface area contributed by atoms with Crippen molar-refractivity contribution in [3.05, 3.63) is 196 Å². The van der Waals surface area contributed by atoms with Crippen molar-refractivity contribution in [2.45, 2.75) is 38.5 Å². The van der Waals surface area contributed by atoms with Crippen LogP contribution in [-0.2, 0) is 10.8 Å². The summed E-state index contributed by atoms with van der Waals surface area (Å²) in [6, 6.07) is 47.1. The summed E-state index contributed by atoms with van der Waals surface area (Å²) in [7, 11) is 0. The Balaban J connectivity index is 1.39. The van der Waals surface area contributed by atoms with E-state index in [-0.39, 0.29) is 0 Å². The molecule has 0 atom stereocenters. The predicted octanol–water partition coefficient (Wildman–Crippen LogP) is 14.5. The number of rotatable bonds is 4. The van der Waals surface area contributed by atoms with Crippen molar-refractivity contribution in [2.24, 2.45) is 0 Å². The van der Waals surface area contributed by atoms with Gasteiger partial charge in [0.05, 0.1) is 23.1 Å². The fourth-order valence-electron chi connectivity index (χ4n) is 8.87. The van der Waals surface area contributed by atoms with Crippen molar-refractivity contribution in [3.8, 4) is 20.9 Å². The summed E-state index contributed by atoms with van der Waals surface area (Å²) in [5, 5.41) is 0. The van der Waals surface area contributed by atoms with Gasteiger partial charge in [-0.3, -0.25) is 0 Å². The van der Waals surface area contributed by atoms with Crippen molar-refractivity contribution < 1.29 is 0 Å². The van der Waals surface area contributed by atoms with E-state index in [1.54, 1.807) is 0 Å². The molecule has 2 aliphatic carbocycles. The Morgan fingerprint density at radius 3 is 1.31 bits per heavy atom. The standard InChI is InChI=1S/C46H32Br2S3/c1-25-5-13-29(14-6-25)45(30-15-7-26(2)8-16-30)35-22-34-36(21-33(35)42-37(45)23-39(47)50-42)46(31-17-9-27(3)10-18-31,32-19-11-28(4)12-20-32)41-43(34)49-38-24-40(48)51-44(38)41/h5-24H,1-4H3. The average molecular weight is 841 g/mol. The molecule has 0 radical (unpaired) electrons. The Bertz CT molecular complexity index is 2580. The van der Waals surface area contributed by atoms with Crippen LogP contribution in [0.2, 0.25) is 0 Å². The van der Waals surface area contributed by atoms with E-state index in [9.17, 15) is 0 Å². The summed E-state index contributed by atoms with van der Waals surface area (Å²) < 4.78 is 5.06. The number of hydrogen-bond acceptors (Lipinski definition) is 3. The molecule has 5 heteroatoms. The lowest BCUT2D eigenvalue weighted by Gasteiger charge is -2.35. The van der Waals surface area contributed by atoms with E-state index in [0.29, 0.717) is 0 Å². The van der Waals surface area contributed by atoms with E-state index in [4.69, 9.17) is 0 Å². The maximum absolute atomic E-state index is 3.96. The number of halogens is 2. The van der Waals surface area contributed by atoms with Crippen LogP contribution in [0.25, 0.3) is 30.3 Å². The molecule has 248 valence electrons. The normalized spacial score (nSPS) is 14.8. The van der Waals surface area contributed by atoms with Crippen LogP contribution in [0.5, 0.6) is 0 Å². The summed E-state index contributed by atoms with van der Waals surface area (Å²) in [6.07, 6.45) is 0. The highest BCUT2D eigenvalue weighted by atomic mass is 79.9. The van der Waals surface area contributed by atoms with Gasteiger partial charge < -0.3 is 0 Å². The minimum atomic E-state index is -0.475. The van der Waals surface area contributed by atoms with Gasteiger partial charge in [0, 0.05) is 20.0 Å². The minimum Gasteiger partial charge on any atom is -0.134 e. The van der Waals surface area contributed by atoms with Crippen LogP contribution in [0.1, 0.15) is 66.8 Å². The number of thiophene rings is 3. The van der Waals surface area contributed by atoms with Crippen LogP contribution in [0.4, 0.5) is 0 Å². The summed E-state index contributed by atoms with van der Waals surface area (Å²) in [5.41, 5.74) is 17.6. The second-order valence-electron chi connectivity index (χ2n) is 14.3. The van der Waals surface area contributed by atoms with Gasteiger partial charge in [0.2, 0.25) is 0 Å². The van der Waals surface area contributed by atoms with Gasteiger partial charge in [-0.2, -0.15) is 0 Å². The topological polar surface area (TPSA) is 0 Å². The largest absolute Gasteiger partial charge is 0.134 e. The van der Waals surface area contributed by atoms with Crippen molar-refractivity contribution in [2.75, 3.05) is 0 Å². The average Bonchev–Trinajstić information content (AvgIpc) is 3.89. The summed E-state index contributed by atoms with van der Waals surface area (Å²) in [6.45, 7) is 8.74. The molecule has 51 heavy (non-hydrogen) atoms. The van der Waals surface area contributed by atoms with E-state index in [1.165, 1.54) is 101 Å². The van der Waals surface area contributed by atoms with Gasteiger partial charge in [0.15, 0.2) is 0 Å². The molecular formula is C46H32Br2S3. The first-order chi connectivity index (χ1) is 24.7. The third-order valence-electron chi connectivity index (χ3n) is 11.2. The maximum Gasteiger partial charge on any atom is 0.0736 e. The van der Waals surface area contributed by atoms with Gasteiger partial charge >= 0.3 is 0 Å². The number of fused-ring (bicyclic) bond motifs is 8. The van der Waals surface area contributed by atoms with Crippen molar-refractivity contribution in [1.29, 1.82) is 0 Å². The Kier molecular flexibility index (Phi) is 7.21. The van der Waals surface area contributed by atoms with Crippen LogP contribution >= 0.6 is 65.9 Å². The van der Waals surface area contributed by atoms with Gasteiger partial charge in [-0.1, -0.05) is 119 Å². The third-order valence-corrected chi connectivity index (χ3v) is 15.8. The van der Waals surface area contributed by atoms with Crippen LogP contribution in [0.3, 0.4) is 0 Å². The molecule has 0 saturated heterocycles. The molecule has 10 rings (SSSR count). The van der Waals surface area contributed by atoms with Gasteiger partial charge in [-0.05, 0) is 134 Å². The van der Waals surface area contributed by atoms with E-state index < -0.39 is 10.8 Å². The first-order valence-electron chi connectivity index (χ1n) is 17.2. The highest BCUT2D eigenvalue weighted by molar-refractivity contribution is 9.11. The molecule has 2 aliphatic rings. The highest BCUT2D eigenvalue weighted by Crippen LogP contribution is 2.66. The summed E-state index contributed by atoms with van der Waals surface area (Å²) in [4.78, 5) is 2.74. The van der Waals surface area contributed by atoms with E-state index in [1.807, 2.05) is 34.0 Å². The minimum absolute atomic E-state index is 0.458. The summed E-state index contributed by atoms with van der Waals surface area (Å²) >= 11 is 13.5. The molecule has 3 aromatic heterocycles. The zero-order valence-corrected chi connectivity index (χ0v) is 34.1. The van der Waals surface area contributed by atoms with Crippen LogP contribution in [0, 0.1) is 27.7 Å². The van der Waals surface area contributed by atoms with Crippen LogP contribution < -0.4 is 0 Å². The maximum atomic E-state index is 3.96. The van der Waals surface area contributed by atoms with Gasteiger partial charge in [0.25, 0.3) is 0 Å². The molecule has 0 saturated carbocycles. The molecule has 5 aromatic carbocycles. The lowest BCUT2D eigenvalue weighted by molar-refractivity contribution is 0.762. The first kappa shape index (κ1) is 32.1. The fraction of sp³-hybridized carbons (Fsp3) is 0.130. The molecule has 3 heterocycles. The molecule has 0 bridgehead atoms. The smallest absolute Gasteiger partial charge is 0.0736 e. The lowest BCUT2D eigenvalue weighted by Crippen LogP contribution is -2.30. The van der Waals surface area contributed by atoms with Crippen molar-refractivity contribution >= 4 is 75.3 Å². The molecule has 0 nitrogen and oxygen atoms in total. The second kappa shape index (κ2) is 11.5. The molecule has 0 amide bonds. The fourth-order valence-corrected chi connectivity index (χ4v) is 13.9. The van der Waals surface area contributed by atoms with E-state index >= 15 is 0 Å². The molecule has 0 fully saturated rings. The SMILES string of the molecule is Cc1ccc(C2(c3ccc(C)cc3)c3cc4c(cc3-c3sc(Br)cc32)C(c2ccc(C)cc2)(c2ccc(C)cc2)c2c-4sc3cc(Br)sc23)cc1. The molecule has 0 unspecified atom stereocenters. The van der Waals surface area contributed by atoms with Crippen LogP contribution in [-0.4, -0.2) is 0 Å². The first-order valence-corrected chi connectivity index (χ1v) is 21.2. The molecular weight excluding hydrogens is 809 g/mol. The third kappa shape index (κ3) is 4.39. The van der Waals surface area contributed by atoms with Crippen LogP contribution in [0.15, 0.2) is 129 Å². The zero-order chi connectivity index (χ0) is 34.8. The van der Waals surface area contributed by atoms with E-state index in [2.05, 4.69) is 181 Å². The second-order valence-corrected chi connectivity index (χ2v) is 20.2.